The summed E-state index contributed by atoms with van der Waals surface area (Å²) in [7, 11) is 1.67. The third-order valence-electron chi connectivity index (χ3n) is 7.51. The first kappa shape index (κ1) is 20.5. The van der Waals surface area contributed by atoms with E-state index in [4.69, 9.17) is 4.74 Å². The average Bonchev–Trinajstić information content (AvgIpc) is 2.82. The van der Waals surface area contributed by atoms with Crippen LogP contribution in [-0.4, -0.2) is 43.6 Å². The van der Waals surface area contributed by atoms with Crippen molar-refractivity contribution in [3.05, 3.63) is 64.7 Å². The molecule has 0 spiro atoms. The van der Waals surface area contributed by atoms with E-state index in [1.165, 1.54) is 24.0 Å². The normalized spacial score (nSPS) is 26.2. The SMILES string of the molecule is COc1ccc2c(c1C(=O)NC(C)c1ccccc1)[C@H]1C[C@@H]3NCCC[C@@H]3CN1CC2. The van der Waals surface area contributed by atoms with Gasteiger partial charge >= 0.3 is 0 Å². The predicted octanol–water partition coefficient (Wildman–Crippen LogP) is 3.86. The molecule has 3 heterocycles. The van der Waals surface area contributed by atoms with Crippen LogP contribution in [0.25, 0.3) is 0 Å². The molecule has 2 N–H and O–H groups in total. The molecule has 3 aliphatic heterocycles. The number of ether oxygens (including phenoxy) is 1. The highest BCUT2D eigenvalue weighted by atomic mass is 16.5. The lowest BCUT2D eigenvalue weighted by Crippen LogP contribution is -2.55. The lowest BCUT2D eigenvalue weighted by molar-refractivity contribution is 0.0541. The van der Waals surface area contributed by atoms with Crippen LogP contribution in [0.5, 0.6) is 5.75 Å². The molecule has 0 aliphatic carbocycles. The highest BCUT2D eigenvalue weighted by molar-refractivity contribution is 5.99. The molecule has 0 saturated carbocycles. The van der Waals surface area contributed by atoms with Crippen LogP contribution in [0.3, 0.4) is 0 Å². The van der Waals surface area contributed by atoms with Crippen LogP contribution in [0.1, 0.15) is 65.3 Å². The van der Waals surface area contributed by atoms with Gasteiger partial charge in [0.15, 0.2) is 0 Å². The maximum Gasteiger partial charge on any atom is 0.255 e. The third-order valence-corrected chi connectivity index (χ3v) is 7.51. The van der Waals surface area contributed by atoms with E-state index in [0.717, 1.165) is 49.5 Å². The van der Waals surface area contributed by atoms with Gasteiger partial charge in [0.2, 0.25) is 0 Å². The smallest absolute Gasteiger partial charge is 0.255 e. The number of piperidine rings is 2. The average molecular weight is 420 g/mol. The van der Waals surface area contributed by atoms with Gasteiger partial charge in [-0.15, -0.1) is 0 Å². The minimum absolute atomic E-state index is 0.0365. The number of methoxy groups -OCH3 is 1. The Morgan fingerprint density at radius 1 is 1.23 bits per heavy atom. The molecule has 5 nitrogen and oxygen atoms in total. The molecule has 3 aliphatic rings. The number of nitrogens with one attached hydrogen (secondary N) is 2. The van der Waals surface area contributed by atoms with Crippen LogP contribution in [-0.2, 0) is 6.42 Å². The molecule has 0 radical (unpaired) electrons. The molecule has 2 aromatic carbocycles. The van der Waals surface area contributed by atoms with Gasteiger partial charge in [0, 0.05) is 25.2 Å². The highest BCUT2D eigenvalue weighted by Crippen LogP contribution is 2.44. The van der Waals surface area contributed by atoms with E-state index in [-0.39, 0.29) is 18.0 Å². The molecule has 4 atom stereocenters. The molecule has 2 saturated heterocycles. The molecular weight excluding hydrogens is 386 g/mol. The van der Waals surface area contributed by atoms with Gasteiger partial charge in [0.25, 0.3) is 5.91 Å². The number of fused-ring (bicyclic) bond motifs is 4. The predicted molar refractivity (Wildman–Crippen MR) is 122 cm³/mol. The van der Waals surface area contributed by atoms with Crippen LogP contribution in [0.15, 0.2) is 42.5 Å². The summed E-state index contributed by atoms with van der Waals surface area (Å²) in [5.41, 5.74) is 4.32. The molecule has 164 valence electrons. The number of carbonyl (C=O) groups excluding carboxylic acids is 1. The summed E-state index contributed by atoms with van der Waals surface area (Å²) < 4.78 is 5.71. The summed E-state index contributed by atoms with van der Waals surface area (Å²) in [6.07, 6.45) is 4.65. The van der Waals surface area contributed by atoms with Gasteiger partial charge in [-0.1, -0.05) is 36.4 Å². The van der Waals surface area contributed by atoms with Crippen molar-refractivity contribution >= 4 is 5.91 Å². The summed E-state index contributed by atoms with van der Waals surface area (Å²) in [5, 5.41) is 6.99. The van der Waals surface area contributed by atoms with Gasteiger partial charge in [0.1, 0.15) is 5.75 Å². The van der Waals surface area contributed by atoms with Crippen LogP contribution >= 0.6 is 0 Å². The summed E-state index contributed by atoms with van der Waals surface area (Å²) in [6, 6.07) is 15.0. The Kier molecular flexibility index (Phi) is 5.72. The summed E-state index contributed by atoms with van der Waals surface area (Å²) >= 11 is 0. The fraction of sp³-hybridized carbons (Fsp3) is 0.500. The second kappa shape index (κ2) is 8.64. The zero-order valence-corrected chi connectivity index (χ0v) is 18.6. The van der Waals surface area contributed by atoms with Gasteiger partial charge in [-0.2, -0.15) is 0 Å². The first-order valence-corrected chi connectivity index (χ1v) is 11.7. The minimum atomic E-state index is -0.0651. The number of hydrogen-bond donors (Lipinski definition) is 2. The summed E-state index contributed by atoms with van der Waals surface area (Å²) in [6.45, 7) is 5.36. The van der Waals surface area contributed by atoms with E-state index in [0.29, 0.717) is 11.8 Å². The second-order valence-corrected chi connectivity index (χ2v) is 9.28. The Balaban J connectivity index is 1.49. The van der Waals surface area contributed by atoms with Crippen molar-refractivity contribution in [3.8, 4) is 5.75 Å². The van der Waals surface area contributed by atoms with Gasteiger partial charge in [-0.25, -0.2) is 0 Å². The maximum atomic E-state index is 13.6. The van der Waals surface area contributed by atoms with Crippen molar-refractivity contribution in [3.63, 3.8) is 0 Å². The van der Waals surface area contributed by atoms with Crippen molar-refractivity contribution in [2.45, 2.75) is 50.7 Å². The Bertz CT molecular complexity index is 945. The maximum absolute atomic E-state index is 13.6. The number of carbonyl (C=O) groups is 1. The summed E-state index contributed by atoms with van der Waals surface area (Å²) in [4.78, 5) is 16.2. The zero-order valence-electron chi connectivity index (χ0n) is 18.6. The molecule has 1 amide bonds. The van der Waals surface area contributed by atoms with E-state index >= 15 is 0 Å². The standard InChI is InChI=1S/C26H33N3O2/c1-17(18-7-4-3-5-8-18)28-26(30)25-23(31-2)11-10-19-12-14-29-16-20-9-6-13-27-21(20)15-22(29)24(19)25/h3-5,7-8,10-11,17,20-22,27H,6,9,12-16H2,1-2H3,(H,28,30)/t17?,20-,21+,22-/m1/s1. The topological polar surface area (TPSA) is 53.6 Å². The molecule has 5 heteroatoms. The molecule has 5 rings (SSSR count). The van der Waals surface area contributed by atoms with Crippen molar-refractivity contribution in [1.82, 2.24) is 15.5 Å². The van der Waals surface area contributed by atoms with Crippen LogP contribution < -0.4 is 15.4 Å². The van der Waals surface area contributed by atoms with Crippen LogP contribution in [0.2, 0.25) is 0 Å². The van der Waals surface area contributed by atoms with Crippen molar-refractivity contribution in [2.24, 2.45) is 5.92 Å². The number of benzene rings is 2. The van der Waals surface area contributed by atoms with Crippen molar-refractivity contribution in [1.29, 1.82) is 0 Å². The van der Waals surface area contributed by atoms with E-state index in [9.17, 15) is 4.79 Å². The Labute approximate surface area is 185 Å². The lowest BCUT2D eigenvalue weighted by atomic mass is 9.76. The van der Waals surface area contributed by atoms with Gasteiger partial charge in [-0.05, 0) is 67.8 Å². The lowest BCUT2D eigenvalue weighted by Gasteiger charge is -2.49. The first-order valence-electron chi connectivity index (χ1n) is 11.7. The number of nitrogens with zero attached hydrogens (tertiary/aromatic N) is 1. The minimum Gasteiger partial charge on any atom is -0.496 e. The molecule has 1 unspecified atom stereocenters. The first-order chi connectivity index (χ1) is 15.2. The molecule has 0 aromatic heterocycles. The number of rotatable bonds is 4. The highest BCUT2D eigenvalue weighted by Gasteiger charge is 2.41. The monoisotopic (exact) mass is 419 g/mol. The molecule has 2 aromatic rings. The van der Waals surface area contributed by atoms with Crippen LogP contribution in [0, 0.1) is 5.92 Å². The summed E-state index contributed by atoms with van der Waals surface area (Å²) in [5.74, 6) is 1.37. The van der Waals surface area contributed by atoms with Gasteiger partial charge < -0.3 is 15.4 Å². The number of hydrogen-bond acceptors (Lipinski definition) is 4. The van der Waals surface area contributed by atoms with Gasteiger partial charge in [0.05, 0.1) is 18.7 Å². The van der Waals surface area contributed by atoms with Gasteiger partial charge in [-0.3, -0.25) is 9.69 Å². The quantitative estimate of drug-likeness (QED) is 0.790. The van der Waals surface area contributed by atoms with E-state index in [1.54, 1.807) is 7.11 Å². The molecule has 0 bridgehead atoms. The largest absolute Gasteiger partial charge is 0.496 e. The molecular formula is C26H33N3O2. The third kappa shape index (κ3) is 3.85. The molecule has 2 fully saturated rings. The van der Waals surface area contributed by atoms with Crippen molar-refractivity contribution < 1.29 is 9.53 Å². The Morgan fingerprint density at radius 3 is 2.87 bits per heavy atom. The molecule has 31 heavy (non-hydrogen) atoms. The Hall–Kier alpha value is -2.37. The fourth-order valence-electron chi connectivity index (χ4n) is 5.88. The van der Waals surface area contributed by atoms with E-state index < -0.39 is 0 Å². The second-order valence-electron chi connectivity index (χ2n) is 9.28. The van der Waals surface area contributed by atoms with Crippen LogP contribution in [0.4, 0.5) is 0 Å². The Morgan fingerprint density at radius 2 is 2.06 bits per heavy atom. The van der Waals surface area contributed by atoms with Crippen molar-refractivity contribution in [2.75, 3.05) is 26.7 Å². The zero-order chi connectivity index (χ0) is 21.4. The fourth-order valence-corrected chi connectivity index (χ4v) is 5.88. The number of amides is 1. The van der Waals surface area contributed by atoms with E-state index in [2.05, 4.69) is 33.7 Å². The van der Waals surface area contributed by atoms with E-state index in [1.807, 2.05) is 31.2 Å².